The van der Waals surface area contributed by atoms with Crippen molar-refractivity contribution in [2.75, 3.05) is 0 Å². The van der Waals surface area contributed by atoms with Gasteiger partial charge in [-0.15, -0.1) is 0 Å². The van der Waals surface area contributed by atoms with Crippen LogP contribution in [0.15, 0.2) is 0 Å². The molecule has 0 spiro atoms. The Morgan fingerprint density at radius 1 is 1.15 bits per heavy atom. The van der Waals surface area contributed by atoms with Crippen molar-refractivity contribution in [3.63, 3.8) is 0 Å². The lowest BCUT2D eigenvalue weighted by atomic mass is 9.76. The zero-order chi connectivity index (χ0) is 14.8. The van der Waals surface area contributed by atoms with Gasteiger partial charge in [0, 0.05) is 12.5 Å². The Hall–Kier alpha value is -1.06. The molecule has 20 heavy (non-hydrogen) atoms. The number of carbonyl (C=O) groups is 2. The maximum Gasteiger partial charge on any atom is 0.242 e. The molecule has 1 saturated carbocycles. The monoisotopic (exact) mass is 280 g/mol. The molecule has 2 N–H and O–H groups in total. The standard InChI is InChI=1S/C16H28N2O2/c1-16(2,3)11-5-4-6-12(8-7-11)17-15(20)13-9-10-14(19)18-13/h11-13H,4-10H2,1-3H3,(H,17,20)(H,18,19)/t11?,12?,13-/m1/s1. The highest BCUT2D eigenvalue weighted by Gasteiger charge is 2.31. The minimum absolute atomic E-state index is 0.00110. The van der Waals surface area contributed by atoms with Crippen molar-refractivity contribution in [2.24, 2.45) is 11.3 Å². The van der Waals surface area contributed by atoms with Gasteiger partial charge in [0.25, 0.3) is 0 Å². The summed E-state index contributed by atoms with van der Waals surface area (Å²) in [4.78, 5) is 23.3. The van der Waals surface area contributed by atoms with Crippen molar-refractivity contribution in [2.45, 2.75) is 77.8 Å². The SMILES string of the molecule is CC(C)(C)C1CCCC(NC(=O)[C@H]2CCC(=O)N2)CC1. The highest BCUT2D eigenvalue weighted by Crippen LogP contribution is 2.36. The fourth-order valence-electron chi connectivity index (χ4n) is 3.42. The van der Waals surface area contributed by atoms with Crippen molar-refractivity contribution in [1.29, 1.82) is 0 Å². The Morgan fingerprint density at radius 3 is 2.50 bits per heavy atom. The maximum absolute atomic E-state index is 12.1. The normalized spacial score (nSPS) is 31.6. The van der Waals surface area contributed by atoms with E-state index in [1.54, 1.807) is 0 Å². The van der Waals surface area contributed by atoms with Crippen molar-refractivity contribution >= 4 is 11.8 Å². The van der Waals surface area contributed by atoms with Crippen molar-refractivity contribution in [3.8, 4) is 0 Å². The molecule has 1 heterocycles. The average molecular weight is 280 g/mol. The van der Waals surface area contributed by atoms with Gasteiger partial charge in [-0.25, -0.2) is 0 Å². The summed E-state index contributed by atoms with van der Waals surface area (Å²) in [5.41, 5.74) is 0.359. The molecule has 0 aromatic rings. The van der Waals surface area contributed by atoms with Gasteiger partial charge in [-0.05, 0) is 43.4 Å². The average Bonchev–Trinajstić information content (AvgIpc) is 2.64. The van der Waals surface area contributed by atoms with E-state index in [0.29, 0.717) is 18.3 Å². The highest BCUT2D eigenvalue weighted by molar-refractivity contribution is 5.90. The minimum Gasteiger partial charge on any atom is -0.352 e. The first-order valence-corrected chi connectivity index (χ1v) is 7.96. The zero-order valence-electron chi connectivity index (χ0n) is 13.0. The molecule has 2 aliphatic rings. The largest absolute Gasteiger partial charge is 0.352 e. The van der Waals surface area contributed by atoms with Gasteiger partial charge in [-0.1, -0.05) is 27.2 Å². The van der Waals surface area contributed by atoms with Crippen LogP contribution >= 0.6 is 0 Å². The molecular weight excluding hydrogens is 252 g/mol. The van der Waals surface area contributed by atoms with Gasteiger partial charge in [-0.3, -0.25) is 9.59 Å². The topological polar surface area (TPSA) is 58.2 Å². The third-order valence-corrected chi connectivity index (χ3v) is 4.85. The zero-order valence-corrected chi connectivity index (χ0v) is 13.0. The summed E-state index contributed by atoms with van der Waals surface area (Å²) in [6.07, 6.45) is 6.88. The first-order valence-electron chi connectivity index (χ1n) is 7.96. The second kappa shape index (κ2) is 6.15. The van der Waals surface area contributed by atoms with Crippen molar-refractivity contribution < 1.29 is 9.59 Å². The number of hydrogen-bond donors (Lipinski definition) is 2. The van der Waals surface area contributed by atoms with Gasteiger partial charge in [-0.2, -0.15) is 0 Å². The molecular formula is C16H28N2O2. The Bertz CT molecular complexity index is 373. The maximum atomic E-state index is 12.1. The summed E-state index contributed by atoms with van der Waals surface area (Å²) in [7, 11) is 0. The molecule has 0 radical (unpaired) electrons. The number of amides is 2. The Morgan fingerprint density at radius 2 is 1.90 bits per heavy atom. The molecule has 0 aromatic heterocycles. The van der Waals surface area contributed by atoms with Crippen LogP contribution in [0.2, 0.25) is 0 Å². The van der Waals surface area contributed by atoms with Crippen LogP contribution in [-0.2, 0) is 9.59 Å². The lowest BCUT2D eigenvalue weighted by Crippen LogP contribution is -2.45. The molecule has 1 saturated heterocycles. The lowest BCUT2D eigenvalue weighted by Gasteiger charge is -2.29. The minimum atomic E-state index is -0.302. The summed E-state index contributed by atoms with van der Waals surface area (Å²) in [5, 5.41) is 5.88. The highest BCUT2D eigenvalue weighted by atomic mass is 16.2. The predicted molar refractivity (Wildman–Crippen MR) is 79.1 cm³/mol. The van der Waals surface area contributed by atoms with E-state index in [1.165, 1.54) is 19.3 Å². The van der Waals surface area contributed by atoms with Crippen molar-refractivity contribution in [3.05, 3.63) is 0 Å². The molecule has 2 rings (SSSR count). The van der Waals surface area contributed by atoms with Crippen molar-refractivity contribution in [1.82, 2.24) is 10.6 Å². The summed E-state index contributed by atoms with van der Waals surface area (Å²) in [5.74, 6) is 0.754. The summed E-state index contributed by atoms with van der Waals surface area (Å²) in [6, 6.07) is -0.0171. The van der Waals surface area contributed by atoms with Crippen LogP contribution in [-0.4, -0.2) is 23.9 Å². The first-order chi connectivity index (χ1) is 9.36. The first kappa shape index (κ1) is 15.3. The fourth-order valence-corrected chi connectivity index (χ4v) is 3.42. The van der Waals surface area contributed by atoms with Gasteiger partial charge in [0.15, 0.2) is 0 Å². The smallest absolute Gasteiger partial charge is 0.242 e. The second-order valence-electron chi connectivity index (χ2n) is 7.44. The van der Waals surface area contributed by atoms with E-state index in [-0.39, 0.29) is 23.9 Å². The van der Waals surface area contributed by atoms with Crippen LogP contribution in [0, 0.1) is 11.3 Å². The van der Waals surface area contributed by atoms with E-state index in [0.717, 1.165) is 18.8 Å². The third-order valence-electron chi connectivity index (χ3n) is 4.85. The Kier molecular flexibility index (Phi) is 4.71. The Balaban J connectivity index is 1.82. The molecule has 4 heteroatoms. The third kappa shape index (κ3) is 3.97. The van der Waals surface area contributed by atoms with E-state index in [1.807, 2.05) is 0 Å². The molecule has 1 aliphatic heterocycles. The molecule has 2 fully saturated rings. The molecule has 1 aliphatic carbocycles. The molecule has 0 aromatic carbocycles. The van der Waals surface area contributed by atoms with E-state index in [4.69, 9.17) is 0 Å². The summed E-state index contributed by atoms with van der Waals surface area (Å²) >= 11 is 0. The van der Waals surface area contributed by atoms with E-state index in [2.05, 4.69) is 31.4 Å². The van der Waals surface area contributed by atoms with Crippen LogP contribution in [0.4, 0.5) is 0 Å². The van der Waals surface area contributed by atoms with E-state index >= 15 is 0 Å². The van der Waals surface area contributed by atoms with E-state index in [9.17, 15) is 9.59 Å². The second-order valence-corrected chi connectivity index (χ2v) is 7.44. The molecule has 3 atom stereocenters. The Labute approximate surface area is 122 Å². The van der Waals surface area contributed by atoms with Crippen LogP contribution in [0.5, 0.6) is 0 Å². The van der Waals surface area contributed by atoms with Crippen LogP contribution in [0.1, 0.15) is 65.7 Å². The molecule has 2 amide bonds. The van der Waals surface area contributed by atoms with Gasteiger partial charge in [0.1, 0.15) is 6.04 Å². The number of rotatable bonds is 2. The van der Waals surface area contributed by atoms with Crippen LogP contribution < -0.4 is 10.6 Å². The lowest BCUT2D eigenvalue weighted by molar-refractivity contribution is -0.126. The molecule has 114 valence electrons. The fraction of sp³-hybridized carbons (Fsp3) is 0.875. The quantitative estimate of drug-likeness (QED) is 0.763. The van der Waals surface area contributed by atoms with Crippen LogP contribution in [0.25, 0.3) is 0 Å². The summed E-state index contributed by atoms with van der Waals surface area (Å²) in [6.45, 7) is 6.93. The van der Waals surface area contributed by atoms with Gasteiger partial charge in [0.05, 0.1) is 0 Å². The van der Waals surface area contributed by atoms with Gasteiger partial charge >= 0.3 is 0 Å². The molecule has 4 nitrogen and oxygen atoms in total. The predicted octanol–water partition coefficient (Wildman–Crippen LogP) is 2.38. The molecule has 0 bridgehead atoms. The number of nitrogens with one attached hydrogen (secondary N) is 2. The van der Waals surface area contributed by atoms with E-state index < -0.39 is 0 Å². The molecule has 2 unspecified atom stereocenters. The van der Waals surface area contributed by atoms with Gasteiger partial charge < -0.3 is 10.6 Å². The van der Waals surface area contributed by atoms with Gasteiger partial charge in [0.2, 0.25) is 11.8 Å². The number of hydrogen-bond acceptors (Lipinski definition) is 2. The van der Waals surface area contributed by atoms with Crippen LogP contribution in [0.3, 0.4) is 0 Å². The summed E-state index contributed by atoms with van der Waals surface area (Å²) < 4.78 is 0. The number of carbonyl (C=O) groups excluding carboxylic acids is 2.